The molecule has 2 rings (SSSR count). The van der Waals surface area contributed by atoms with Gasteiger partial charge in [-0.2, -0.15) is 0 Å². The third-order valence-electron chi connectivity index (χ3n) is 3.52. The molecule has 1 aromatic heterocycles. The van der Waals surface area contributed by atoms with Crippen LogP contribution in [-0.4, -0.2) is 25.7 Å². The maximum atomic E-state index is 5.47. The van der Waals surface area contributed by atoms with Gasteiger partial charge in [0.2, 0.25) is 0 Å². The Morgan fingerprint density at radius 3 is 2.45 bits per heavy atom. The number of fused-ring (bicyclic) bond motifs is 1. The van der Waals surface area contributed by atoms with Gasteiger partial charge >= 0.3 is 0 Å². The lowest BCUT2D eigenvalue weighted by Gasteiger charge is -2.17. The first-order valence-electron chi connectivity index (χ1n) is 6.95. The van der Waals surface area contributed by atoms with Crippen molar-refractivity contribution in [2.24, 2.45) is 0 Å². The zero-order valence-electron chi connectivity index (χ0n) is 12.8. The predicted molar refractivity (Wildman–Crippen MR) is 83.1 cm³/mol. The molecule has 1 N–H and O–H groups in total. The number of hydrogen-bond acceptors (Lipinski definition) is 4. The maximum absolute atomic E-state index is 5.47. The predicted octanol–water partition coefficient (Wildman–Crippen LogP) is 3.55. The molecule has 4 heteroatoms. The molecule has 0 atom stereocenters. The zero-order chi connectivity index (χ0) is 14.7. The molecule has 20 heavy (non-hydrogen) atoms. The molecular formula is C16H22N2O2. The second-order valence-corrected chi connectivity index (χ2v) is 4.67. The molecule has 0 fully saturated rings. The van der Waals surface area contributed by atoms with Crippen LogP contribution in [0.1, 0.15) is 25.1 Å². The summed E-state index contributed by atoms with van der Waals surface area (Å²) in [6.07, 6.45) is 0.898. The van der Waals surface area contributed by atoms with Gasteiger partial charge in [-0.25, -0.2) is 4.98 Å². The fourth-order valence-corrected chi connectivity index (χ4v) is 2.48. The minimum Gasteiger partial charge on any atom is -0.497 e. The number of aromatic nitrogens is 1. The van der Waals surface area contributed by atoms with Crippen LogP contribution in [0.4, 0.5) is 5.69 Å². The van der Waals surface area contributed by atoms with E-state index < -0.39 is 0 Å². The number of pyridine rings is 1. The summed E-state index contributed by atoms with van der Waals surface area (Å²) in [5, 5.41) is 4.48. The summed E-state index contributed by atoms with van der Waals surface area (Å²) < 4.78 is 10.8. The van der Waals surface area contributed by atoms with Crippen molar-refractivity contribution >= 4 is 16.6 Å². The first-order chi connectivity index (χ1) is 9.65. The minimum absolute atomic E-state index is 0.744. The van der Waals surface area contributed by atoms with Gasteiger partial charge < -0.3 is 14.8 Å². The normalized spacial score (nSPS) is 10.7. The number of hydrogen-bond donors (Lipinski definition) is 1. The Kier molecular flexibility index (Phi) is 4.32. The first-order valence-corrected chi connectivity index (χ1v) is 6.95. The van der Waals surface area contributed by atoms with Crippen molar-refractivity contribution in [2.75, 3.05) is 26.1 Å². The van der Waals surface area contributed by atoms with Gasteiger partial charge in [0, 0.05) is 29.4 Å². The highest BCUT2D eigenvalue weighted by Crippen LogP contribution is 2.36. The monoisotopic (exact) mass is 274 g/mol. The second kappa shape index (κ2) is 5.99. The van der Waals surface area contributed by atoms with Crippen LogP contribution in [-0.2, 0) is 6.42 Å². The number of aryl methyl sites for hydroxylation is 1. The number of nitrogens with zero attached hydrogens (tertiary/aromatic N) is 1. The first kappa shape index (κ1) is 14.4. The quantitative estimate of drug-likeness (QED) is 0.905. The Labute approximate surface area is 120 Å². The summed E-state index contributed by atoms with van der Waals surface area (Å²) in [7, 11) is 3.32. The molecule has 0 amide bonds. The number of methoxy groups -OCH3 is 2. The summed E-state index contributed by atoms with van der Waals surface area (Å²) in [6.45, 7) is 7.18. The molecule has 0 aliphatic carbocycles. The maximum Gasteiger partial charge on any atom is 0.148 e. The molecular weight excluding hydrogens is 252 g/mol. The largest absolute Gasteiger partial charge is 0.497 e. The lowest BCUT2D eigenvalue weighted by atomic mass is 10.0. The highest BCUT2D eigenvalue weighted by atomic mass is 16.5. The van der Waals surface area contributed by atoms with E-state index in [0.717, 1.165) is 46.7 Å². The number of nitrogens with one attached hydrogen (secondary N) is 1. The summed E-state index contributed by atoms with van der Waals surface area (Å²) in [5.74, 6) is 1.52. The van der Waals surface area contributed by atoms with Gasteiger partial charge in [-0.3, -0.25) is 0 Å². The Bertz CT molecular complexity index is 624. The fourth-order valence-electron chi connectivity index (χ4n) is 2.48. The van der Waals surface area contributed by atoms with E-state index in [0.29, 0.717) is 0 Å². The number of anilines is 1. The molecule has 1 heterocycles. The Morgan fingerprint density at radius 1 is 1.15 bits per heavy atom. The molecule has 0 saturated heterocycles. The van der Waals surface area contributed by atoms with E-state index in [1.165, 1.54) is 5.56 Å². The van der Waals surface area contributed by atoms with Crippen LogP contribution in [0, 0.1) is 6.92 Å². The van der Waals surface area contributed by atoms with Gasteiger partial charge in [0.15, 0.2) is 0 Å². The molecule has 0 radical (unpaired) electrons. The number of rotatable bonds is 5. The Morgan fingerprint density at radius 2 is 1.90 bits per heavy atom. The zero-order valence-corrected chi connectivity index (χ0v) is 12.8. The van der Waals surface area contributed by atoms with Crippen LogP contribution in [0.5, 0.6) is 11.5 Å². The lowest BCUT2D eigenvalue weighted by Crippen LogP contribution is -2.05. The molecule has 2 aromatic rings. The average molecular weight is 274 g/mol. The smallest absolute Gasteiger partial charge is 0.148 e. The highest BCUT2D eigenvalue weighted by molar-refractivity contribution is 5.97. The molecule has 0 saturated carbocycles. The molecule has 0 bridgehead atoms. The molecule has 4 nitrogen and oxygen atoms in total. The van der Waals surface area contributed by atoms with E-state index in [1.807, 2.05) is 12.1 Å². The third-order valence-corrected chi connectivity index (χ3v) is 3.52. The SMILES string of the molecule is CCNc1c(C)c(CC)nc2c(OC)cc(OC)cc12. The van der Waals surface area contributed by atoms with E-state index in [9.17, 15) is 0 Å². The molecule has 108 valence electrons. The van der Waals surface area contributed by atoms with Crippen LogP contribution < -0.4 is 14.8 Å². The van der Waals surface area contributed by atoms with Crippen LogP contribution in [0.3, 0.4) is 0 Å². The van der Waals surface area contributed by atoms with Gasteiger partial charge in [-0.05, 0) is 31.9 Å². The molecule has 1 aromatic carbocycles. The van der Waals surface area contributed by atoms with Crippen LogP contribution in [0.2, 0.25) is 0 Å². The second-order valence-electron chi connectivity index (χ2n) is 4.67. The van der Waals surface area contributed by atoms with Gasteiger partial charge in [0.05, 0.1) is 14.2 Å². The van der Waals surface area contributed by atoms with Crippen molar-refractivity contribution in [3.05, 3.63) is 23.4 Å². The van der Waals surface area contributed by atoms with Gasteiger partial charge in [-0.15, -0.1) is 0 Å². The topological polar surface area (TPSA) is 43.4 Å². The van der Waals surface area contributed by atoms with Crippen molar-refractivity contribution in [1.82, 2.24) is 4.98 Å². The molecule has 0 aliphatic rings. The fraction of sp³-hybridized carbons (Fsp3) is 0.438. The summed E-state index contributed by atoms with van der Waals surface area (Å²) in [5.41, 5.74) is 4.28. The van der Waals surface area contributed by atoms with Crippen LogP contribution in [0.25, 0.3) is 10.9 Å². The van der Waals surface area contributed by atoms with Gasteiger partial charge in [-0.1, -0.05) is 6.92 Å². The van der Waals surface area contributed by atoms with Crippen molar-refractivity contribution in [1.29, 1.82) is 0 Å². The highest BCUT2D eigenvalue weighted by Gasteiger charge is 2.15. The van der Waals surface area contributed by atoms with Crippen LogP contribution >= 0.6 is 0 Å². The van der Waals surface area contributed by atoms with E-state index >= 15 is 0 Å². The molecule has 0 unspecified atom stereocenters. The molecule has 0 aliphatic heterocycles. The summed E-state index contributed by atoms with van der Waals surface area (Å²) in [6, 6.07) is 3.88. The van der Waals surface area contributed by atoms with Gasteiger partial charge in [0.1, 0.15) is 17.0 Å². The van der Waals surface area contributed by atoms with Gasteiger partial charge in [0.25, 0.3) is 0 Å². The van der Waals surface area contributed by atoms with Crippen molar-refractivity contribution < 1.29 is 9.47 Å². The van der Waals surface area contributed by atoms with Crippen molar-refractivity contribution in [3.8, 4) is 11.5 Å². The van der Waals surface area contributed by atoms with Crippen molar-refractivity contribution in [2.45, 2.75) is 27.2 Å². The Balaban J connectivity index is 2.85. The van der Waals surface area contributed by atoms with E-state index in [4.69, 9.17) is 14.5 Å². The number of ether oxygens (including phenoxy) is 2. The number of benzene rings is 1. The Hall–Kier alpha value is -1.97. The lowest BCUT2D eigenvalue weighted by molar-refractivity contribution is 0.397. The molecule has 0 spiro atoms. The average Bonchev–Trinajstić information content (AvgIpc) is 2.48. The minimum atomic E-state index is 0.744. The van der Waals surface area contributed by atoms with E-state index in [1.54, 1.807) is 14.2 Å². The standard InChI is InChI=1S/C16H22N2O2/c1-6-13-10(3)15(17-7-2)12-8-11(19-4)9-14(20-5)16(12)18-13/h8-9H,6-7H2,1-5H3,(H,17,18). The van der Waals surface area contributed by atoms with Crippen LogP contribution in [0.15, 0.2) is 12.1 Å². The van der Waals surface area contributed by atoms with Crippen molar-refractivity contribution in [3.63, 3.8) is 0 Å². The summed E-state index contributed by atoms with van der Waals surface area (Å²) >= 11 is 0. The third kappa shape index (κ3) is 2.38. The van der Waals surface area contributed by atoms with E-state index in [-0.39, 0.29) is 0 Å². The summed E-state index contributed by atoms with van der Waals surface area (Å²) in [4.78, 5) is 4.76. The van der Waals surface area contributed by atoms with E-state index in [2.05, 4.69) is 26.1 Å².